The van der Waals surface area contributed by atoms with Gasteiger partial charge in [-0.25, -0.2) is 0 Å². The van der Waals surface area contributed by atoms with Crippen LogP contribution < -0.4 is 0 Å². The third-order valence-electron chi connectivity index (χ3n) is 6.31. The summed E-state index contributed by atoms with van der Waals surface area (Å²) in [5.74, 6) is 1.47. The standard InChI is InChI=1S/C17H33NO/c1-14-8-11-17(19)13-15(9-10-16(14,17)2)7-5-6-12-18(3)4/h14-15,19H,5-13H2,1-4H3. The van der Waals surface area contributed by atoms with Crippen molar-refractivity contribution in [3.63, 3.8) is 0 Å². The number of fused-ring (bicyclic) bond motifs is 1. The molecule has 0 bridgehead atoms. The van der Waals surface area contributed by atoms with Gasteiger partial charge < -0.3 is 10.0 Å². The highest BCUT2D eigenvalue weighted by Crippen LogP contribution is 2.59. The Morgan fingerprint density at radius 2 is 1.89 bits per heavy atom. The smallest absolute Gasteiger partial charge is 0.0706 e. The van der Waals surface area contributed by atoms with Gasteiger partial charge in [0, 0.05) is 0 Å². The van der Waals surface area contributed by atoms with Crippen LogP contribution in [0.15, 0.2) is 0 Å². The predicted octanol–water partition coefficient (Wildman–Crippen LogP) is 3.69. The summed E-state index contributed by atoms with van der Waals surface area (Å²) < 4.78 is 0. The summed E-state index contributed by atoms with van der Waals surface area (Å²) in [6, 6.07) is 0. The van der Waals surface area contributed by atoms with Gasteiger partial charge >= 0.3 is 0 Å². The molecule has 4 atom stereocenters. The molecule has 2 aliphatic carbocycles. The lowest BCUT2D eigenvalue weighted by Crippen LogP contribution is -2.49. The topological polar surface area (TPSA) is 23.5 Å². The van der Waals surface area contributed by atoms with E-state index >= 15 is 0 Å². The second-order valence-corrected chi connectivity index (χ2v) is 7.80. The number of rotatable bonds is 5. The zero-order chi connectivity index (χ0) is 14.1. The first-order chi connectivity index (χ1) is 8.87. The van der Waals surface area contributed by atoms with Gasteiger partial charge in [-0.1, -0.05) is 26.7 Å². The molecule has 2 nitrogen and oxygen atoms in total. The van der Waals surface area contributed by atoms with Gasteiger partial charge in [0.2, 0.25) is 0 Å². The van der Waals surface area contributed by atoms with Crippen molar-refractivity contribution in [2.75, 3.05) is 20.6 Å². The largest absolute Gasteiger partial charge is 0.389 e. The molecule has 2 heteroatoms. The maximum absolute atomic E-state index is 11.0. The Hall–Kier alpha value is -0.0800. The van der Waals surface area contributed by atoms with Crippen LogP contribution >= 0.6 is 0 Å². The predicted molar refractivity (Wildman–Crippen MR) is 81.2 cm³/mol. The Bertz CT molecular complexity index is 304. The number of hydrogen-bond donors (Lipinski definition) is 1. The SMILES string of the molecule is CC1CCC2(O)CC(CCCCN(C)C)CCC12C. The first-order valence-electron chi connectivity index (χ1n) is 8.24. The molecule has 4 unspecified atom stereocenters. The van der Waals surface area contributed by atoms with Crippen LogP contribution in [-0.2, 0) is 0 Å². The summed E-state index contributed by atoms with van der Waals surface area (Å²) in [5, 5.41) is 11.0. The van der Waals surface area contributed by atoms with Gasteiger partial charge in [-0.2, -0.15) is 0 Å². The monoisotopic (exact) mass is 267 g/mol. The highest BCUT2D eigenvalue weighted by atomic mass is 16.3. The van der Waals surface area contributed by atoms with Gasteiger partial charge in [-0.05, 0) is 76.4 Å². The van der Waals surface area contributed by atoms with E-state index in [1.807, 2.05) is 0 Å². The van der Waals surface area contributed by atoms with Crippen LogP contribution in [0.25, 0.3) is 0 Å². The van der Waals surface area contributed by atoms with Crippen molar-refractivity contribution in [2.24, 2.45) is 17.3 Å². The average Bonchev–Trinajstić information content (AvgIpc) is 2.58. The fourth-order valence-corrected chi connectivity index (χ4v) is 4.52. The van der Waals surface area contributed by atoms with Gasteiger partial charge in [-0.15, -0.1) is 0 Å². The number of hydrogen-bond acceptors (Lipinski definition) is 2. The van der Waals surface area contributed by atoms with Crippen LogP contribution in [0.3, 0.4) is 0 Å². The van der Waals surface area contributed by atoms with Crippen molar-refractivity contribution in [3.05, 3.63) is 0 Å². The van der Waals surface area contributed by atoms with E-state index in [-0.39, 0.29) is 11.0 Å². The van der Waals surface area contributed by atoms with E-state index in [9.17, 15) is 5.11 Å². The minimum atomic E-state index is -0.350. The van der Waals surface area contributed by atoms with Gasteiger partial charge in [0.05, 0.1) is 5.60 Å². The van der Waals surface area contributed by atoms with E-state index in [0.29, 0.717) is 5.92 Å². The molecule has 2 aliphatic rings. The van der Waals surface area contributed by atoms with Crippen LogP contribution in [0.4, 0.5) is 0 Å². The summed E-state index contributed by atoms with van der Waals surface area (Å²) in [6.45, 7) is 5.88. The molecular formula is C17H33NO. The lowest BCUT2D eigenvalue weighted by molar-refractivity contribution is -0.113. The third kappa shape index (κ3) is 3.00. The fourth-order valence-electron chi connectivity index (χ4n) is 4.52. The lowest BCUT2D eigenvalue weighted by atomic mass is 9.60. The van der Waals surface area contributed by atoms with E-state index in [0.717, 1.165) is 18.8 Å². The Kier molecular flexibility index (Phi) is 4.62. The molecule has 0 aromatic rings. The molecule has 2 fully saturated rings. The molecule has 0 aromatic carbocycles. The average molecular weight is 267 g/mol. The van der Waals surface area contributed by atoms with Crippen LogP contribution in [0, 0.1) is 17.3 Å². The van der Waals surface area contributed by atoms with Gasteiger partial charge in [0.15, 0.2) is 0 Å². The Morgan fingerprint density at radius 3 is 2.58 bits per heavy atom. The summed E-state index contributed by atoms with van der Waals surface area (Å²) in [6.07, 6.45) is 9.85. The van der Waals surface area contributed by atoms with Crippen LogP contribution in [0.1, 0.15) is 65.2 Å². The molecule has 0 heterocycles. The third-order valence-corrected chi connectivity index (χ3v) is 6.31. The summed E-state index contributed by atoms with van der Waals surface area (Å²) in [7, 11) is 4.29. The van der Waals surface area contributed by atoms with E-state index < -0.39 is 0 Å². The molecule has 0 spiro atoms. The first kappa shape index (κ1) is 15.3. The molecular weight excluding hydrogens is 234 g/mol. The van der Waals surface area contributed by atoms with Gasteiger partial charge in [0.25, 0.3) is 0 Å². The molecule has 0 radical (unpaired) electrons. The second kappa shape index (κ2) is 5.73. The van der Waals surface area contributed by atoms with E-state index in [4.69, 9.17) is 0 Å². The Morgan fingerprint density at radius 1 is 1.16 bits per heavy atom. The molecule has 0 aromatic heterocycles. The molecule has 0 saturated heterocycles. The quantitative estimate of drug-likeness (QED) is 0.768. The lowest BCUT2D eigenvalue weighted by Gasteiger charge is -2.49. The summed E-state index contributed by atoms with van der Waals surface area (Å²) in [5.41, 5.74) is -0.149. The molecule has 1 N–H and O–H groups in total. The summed E-state index contributed by atoms with van der Waals surface area (Å²) in [4.78, 5) is 2.27. The van der Waals surface area contributed by atoms with Crippen molar-refractivity contribution in [1.29, 1.82) is 0 Å². The number of nitrogens with zero attached hydrogens (tertiary/aromatic N) is 1. The van der Waals surface area contributed by atoms with E-state index in [2.05, 4.69) is 32.8 Å². The number of unbranched alkanes of at least 4 members (excludes halogenated alkanes) is 1. The van der Waals surface area contributed by atoms with Crippen molar-refractivity contribution >= 4 is 0 Å². The zero-order valence-electron chi connectivity index (χ0n) is 13.4. The minimum Gasteiger partial charge on any atom is -0.389 e. The number of aliphatic hydroxyl groups is 1. The molecule has 2 rings (SSSR count). The molecule has 0 amide bonds. The first-order valence-corrected chi connectivity index (χ1v) is 8.24. The van der Waals surface area contributed by atoms with Crippen molar-refractivity contribution in [3.8, 4) is 0 Å². The second-order valence-electron chi connectivity index (χ2n) is 7.80. The normalized spacial score (nSPS) is 42.6. The molecule has 0 aliphatic heterocycles. The van der Waals surface area contributed by atoms with Crippen LogP contribution in [-0.4, -0.2) is 36.2 Å². The van der Waals surface area contributed by atoms with Crippen molar-refractivity contribution in [2.45, 2.75) is 70.8 Å². The highest BCUT2D eigenvalue weighted by molar-refractivity contribution is 5.07. The Balaban J connectivity index is 1.82. The highest BCUT2D eigenvalue weighted by Gasteiger charge is 2.56. The maximum atomic E-state index is 11.0. The zero-order valence-corrected chi connectivity index (χ0v) is 13.4. The van der Waals surface area contributed by atoms with Gasteiger partial charge in [-0.3, -0.25) is 0 Å². The van der Waals surface area contributed by atoms with Crippen LogP contribution in [0.5, 0.6) is 0 Å². The van der Waals surface area contributed by atoms with E-state index in [1.165, 1.54) is 45.1 Å². The van der Waals surface area contributed by atoms with Crippen molar-refractivity contribution < 1.29 is 5.11 Å². The maximum Gasteiger partial charge on any atom is 0.0706 e. The van der Waals surface area contributed by atoms with Crippen LogP contribution in [0.2, 0.25) is 0 Å². The minimum absolute atomic E-state index is 0.202. The fraction of sp³-hybridized carbons (Fsp3) is 1.00. The Labute approximate surface area is 119 Å². The van der Waals surface area contributed by atoms with E-state index in [1.54, 1.807) is 0 Å². The molecule has 112 valence electrons. The van der Waals surface area contributed by atoms with Crippen molar-refractivity contribution in [1.82, 2.24) is 4.90 Å². The van der Waals surface area contributed by atoms with Gasteiger partial charge in [0.1, 0.15) is 0 Å². The molecule has 2 saturated carbocycles. The molecule has 19 heavy (non-hydrogen) atoms. The summed E-state index contributed by atoms with van der Waals surface area (Å²) >= 11 is 0.